The van der Waals surface area contributed by atoms with Gasteiger partial charge >= 0.3 is 0 Å². The fourth-order valence-corrected chi connectivity index (χ4v) is 3.72. The molecule has 1 aliphatic heterocycles. The number of carbonyl (C=O) groups is 1. The molecular weight excluding hydrogens is 391 g/mol. The predicted octanol–water partition coefficient (Wildman–Crippen LogP) is 1.40. The summed E-state index contributed by atoms with van der Waals surface area (Å²) in [6.07, 6.45) is 6.03. The van der Waals surface area contributed by atoms with Crippen LogP contribution in [-0.4, -0.2) is 56.9 Å². The number of ether oxygens (including phenoxy) is 1. The van der Waals surface area contributed by atoms with Gasteiger partial charge in [0.25, 0.3) is 0 Å². The van der Waals surface area contributed by atoms with E-state index >= 15 is 0 Å². The van der Waals surface area contributed by atoms with E-state index < -0.39 is 11.9 Å². The number of halogens is 1. The van der Waals surface area contributed by atoms with Crippen LogP contribution in [0.3, 0.4) is 0 Å². The molecule has 0 spiro atoms. The lowest BCUT2D eigenvalue weighted by atomic mass is 10.1. The Hall–Kier alpha value is -3.27. The molecule has 10 heteroatoms. The second-order valence-corrected chi connectivity index (χ2v) is 7.27. The summed E-state index contributed by atoms with van der Waals surface area (Å²) >= 11 is 0. The van der Waals surface area contributed by atoms with Crippen molar-refractivity contribution in [2.24, 2.45) is 0 Å². The van der Waals surface area contributed by atoms with E-state index in [2.05, 4.69) is 20.3 Å². The van der Waals surface area contributed by atoms with Crippen molar-refractivity contribution in [1.82, 2.24) is 24.9 Å². The van der Waals surface area contributed by atoms with Crippen LogP contribution in [0.1, 0.15) is 30.0 Å². The van der Waals surface area contributed by atoms with E-state index in [4.69, 9.17) is 9.72 Å². The van der Waals surface area contributed by atoms with Crippen LogP contribution in [0.4, 0.5) is 10.2 Å². The zero-order valence-corrected chi connectivity index (χ0v) is 16.5. The van der Waals surface area contributed by atoms with Crippen LogP contribution >= 0.6 is 0 Å². The summed E-state index contributed by atoms with van der Waals surface area (Å²) in [6, 6.07) is 3.15. The maximum atomic E-state index is 14.1. The number of pyridine rings is 1. The quantitative estimate of drug-likeness (QED) is 0.537. The van der Waals surface area contributed by atoms with Gasteiger partial charge in [-0.1, -0.05) is 0 Å². The Morgan fingerprint density at radius 2 is 2.33 bits per heavy atom. The van der Waals surface area contributed by atoms with Gasteiger partial charge in [0.1, 0.15) is 24.3 Å². The molecule has 1 unspecified atom stereocenters. The number of nitrogens with one attached hydrogen (secondary N) is 1. The molecule has 3 aromatic heterocycles. The zero-order valence-electron chi connectivity index (χ0n) is 16.5. The Kier molecular flexibility index (Phi) is 5.75. The van der Waals surface area contributed by atoms with Crippen molar-refractivity contribution in [2.45, 2.75) is 31.9 Å². The first-order valence-electron chi connectivity index (χ1n) is 9.78. The molecule has 30 heavy (non-hydrogen) atoms. The number of nitrogens with zero attached hydrogens (tertiary/aromatic N) is 5. The molecule has 0 radical (unpaired) electrons. The number of rotatable bonds is 8. The minimum atomic E-state index is -0.900. The molecule has 0 aliphatic carbocycles. The third kappa shape index (κ3) is 4.04. The van der Waals surface area contributed by atoms with E-state index in [-0.39, 0.29) is 25.1 Å². The number of anilines is 1. The smallest absolute Gasteiger partial charge is 0.218 e. The summed E-state index contributed by atoms with van der Waals surface area (Å²) in [5.41, 5.74) is 2.36. The zero-order chi connectivity index (χ0) is 21.1. The molecule has 3 aromatic rings. The molecule has 158 valence electrons. The van der Waals surface area contributed by atoms with E-state index in [0.29, 0.717) is 12.0 Å². The highest BCUT2D eigenvalue weighted by molar-refractivity contribution is 5.54. The molecule has 0 bridgehead atoms. The van der Waals surface area contributed by atoms with Gasteiger partial charge in [0.2, 0.25) is 12.3 Å². The van der Waals surface area contributed by atoms with Gasteiger partial charge < -0.3 is 20.1 Å². The van der Waals surface area contributed by atoms with Gasteiger partial charge in [-0.15, -0.1) is 0 Å². The predicted molar refractivity (Wildman–Crippen MR) is 107 cm³/mol. The SMILES string of the molecule is Cc1cnn2ccc(N3CCC[C@@H]3c3cc(F)cnc3OCC(O)CNC=O)nc12. The van der Waals surface area contributed by atoms with Crippen molar-refractivity contribution in [3.63, 3.8) is 0 Å². The first-order valence-corrected chi connectivity index (χ1v) is 9.78. The Morgan fingerprint density at radius 3 is 3.17 bits per heavy atom. The van der Waals surface area contributed by atoms with Crippen molar-refractivity contribution in [3.05, 3.63) is 47.7 Å². The van der Waals surface area contributed by atoms with Crippen molar-refractivity contribution in [1.29, 1.82) is 0 Å². The monoisotopic (exact) mass is 414 g/mol. The minimum Gasteiger partial charge on any atom is -0.475 e. The third-order valence-corrected chi connectivity index (χ3v) is 5.13. The van der Waals surface area contributed by atoms with Crippen LogP contribution in [-0.2, 0) is 4.79 Å². The minimum absolute atomic E-state index is 0.0597. The molecule has 2 N–H and O–H groups in total. The van der Waals surface area contributed by atoms with Crippen molar-refractivity contribution in [2.75, 3.05) is 24.6 Å². The summed E-state index contributed by atoms with van der Waals surface area (Å²) in [5, 5.41) is 16.6. The second kappa shape index (κ2) is 8.62. The highest BCUT2D eigenvalue weighted by Crippen LogP contribution is 2.39. The highest BCUT2D eigenvalue weighted by atomic mass is 19.1. The average Bonchev–Trinajstić information content (AvgIpc) is 3.38. The Labute approximate surface area is 172 Å². The van der Waals surface area contributed by atoms with Crippen molar-refractivity contribution >= 4 is 17.9 Å². The number of aryl methyl sites for hydroxylation is 1. The maximum absolute atomic E-state index is 14.1. The van der Waals surface area contributed by atoms with Crippen LogP contribution in [0, 0.1) is 12.7 Å². The standard InChI is InChI=1S/C20H23FN6O3/c1-13-8-24-27-6-4-18(25-19(13)27)26-5-2-3-17(26)16-7-14(21)9-23-20(16)30-11-15(29)10-22-12-28/h4,6-9,12,15,17,29H,2-3,5,10-11H2,1H3,(H,22,28)/t15?,17-/m1/s1. The van der Waals surface area contributed by atoms with Gasteiger partial charge in [0.15, 0.2) is 5.65 Å². The van der Waals surface area contributed by atoms with E-state index in [1.807, 2.05) is 19.2 Å². The largest absolute Gasteiger partial charge is 0.475 e. The molecule has 1 aliphatic rings. The van der Waals surface area contributed by atoms with Gasteiger partial charge in [-0.2, -0.15) is 5.10 Å². The third-order valence-electron chi connectivity index (χ3n) is 5.13. The molecule has 2 atom stereocenters. The van der Waals surface area contributed by atoms with Crippen LogP contribution < -0.4 is 15.0 Å². The molecular formula is C20H23FN6O3. The molecule has 1 fully saturated rings. The van der Waals surface area contributed by atoms with E-state index in [0.717, 1.165) is 42.6 Å². The summed E-state index contributed by atoms with van der Waals surface area (Å²) < 4.78 is 21.5. The average molecular weight is 414 g/mol. The van der Waals surface area contributed by atoms with Gasteiger partial charge in [0, 0.05) is 30.4 Å². The Balaban J connectivity index is 1.60. The van der Waals surface area contributed by atoms with Crippen molar-refractivity contribution in [3.8, 4) is 5.88 Å². The van der Waals surface area contributed by atoms with E-state index in [9.17, 15) is 14.3 Å². The molecule has 1 saturated heterocycles. The normalized spacial score (nSPS) is 17.3. The Bertz CT molecular complexity index is 1040. The van der Waals surface area contributed by atoms with Crippen molar-refractivity contribution < 1.29 is 19.0 Å². The first-order chi connectivity index (χ1) is 14.6. The van der Waals surface area contributed by atoms with Gasteiger partial charge in [-0.3, -0.25) is 4.79 Å². The molecule has 0 aromatic carbocycles. The first kappa shape index (κ1) is 20.0. The molecule has 0 saturated carbocycles. The number of hydrogen-bond donors (Lipinski definition) is 2. The van der Waals surface area contributed by atoms with Crippen LogP contribution in [0.15, 0.2) is 30.7 Å². The summed E-state index contributed by atoms with van der Waals surface area (Å²) in [4.78, 5) is 21.3. The maximum Gasteiger partial charge on any atom is 0.218 e. The topological polar surface area (TPSA) is 105 Å². The fourth-order valence-electron chi connectivity index (χ4n) is 3.72. The molecule has 9 nitrogen and oxygen atoms in total. The Morgan fingerprint density at radius 1 is 1.47 bits per heavy atom. The molecule has 4 heterocycles. The molecule has 4 rings (SSSR count). The summed E-state index contributed by atoms with van der Waals surface area (Å²) in [5.74, 6) is 0.585. The number of amides is 1. The van der Waals surface area contributed by atoms with Gasteiger partial charge in [-0.05, 0) is 31.9 Å². The number of hydrogen-bond acceptors (Lipinski definition) is 7. The number of aliphatic hydroxyl groups excluding tert-OH is 1. The van der Waals surface area contributed by atoms with Gasteiger partial charge in [0.05, 0.1) is 18.4 Å². The number of aliphatic hydroxyl groups is 1. The van der Waals surface area contributed by atoms with Crippen LogP contribution in [0.5, 0.6) is 5.88 Å². The van der Waals surface area contributed by atoms with Crippen LogP contribution in [0.2, 0.25) is 0 Å². The lowest BCUT2D eigenvalue weighted by Crippen LogP contribution is -2.31. The second-order valence-electron chi connectivity index (χ2n) is 7.27. The number of carbonyl (C=O) groups excluding carboxylic acids is 1. The van der Waals surface area contributed by atoms with Crippen LogP contribution in [0.25, 0.3) is 5.65 Å². The fraction of sp³-hybridized carbons (Fsp3) is 0.400. The highest BCUT2D eigenvalue weighted by Gasteiger charge is 2.31. The lowest BCUT2D eigenvalue weighted by Gasteiger charge is -2.27. The number of aromatic nitrogens is 4. The summed E-state index contributed by atoms with van der Waals surface area (Å²) in [6.45, 7) is 2.71. The summed E-state index contributed by atoms with van der Waals surface area (Å²) in [7, 11) is 0. The molecule has 1 amide bonds. The lowest BCUT2D eigenvalue weighted by molar-refractivity contribution is -0.110. The number of fused-ring (bicyclic) bond motifs is 1. The van der Waals surface area contributed by atoms with E-state index in [1.54, 1.807) is 10.7 Å². The van der Waals surface area contributed by atoms with Gasteiger partial charge in [-0.25, -0.2) is 18.9 Å². The van der Waals surface area contributed by atoms with E-state index in [1.165, 1.54) is 6.07 Å².